The molecule has 8 heteroatoms. The average Bonchev–Trinajstić information content (AvgIpc) is 2.29. The molecule has 0 aromatic carbocycles. The fourth-order valence-corrected chi connectivity index (χ4v) is 0.845. The van der Waals surface area contributed by atoms with E-state index in [0.717, 1.165) is 0 Å². The molecule has 0 radical (unpaired) electrons. The second-order valence-electron chi connectivity index (χ2n) is 2.58. The van der Waals surface area contributed by atoms with E-state index in [4.69, 9.17) is 0 Å². The van der Waals surface area contributed by atoms with E-state index in [9.17, 15) is 26.3 Å². The molecule has 2 nitrogen and oxygen atoms in total. The first-order chi connectivity index (χ1) is 6.18. The van der Waals surface area contributed by atoms with Crippen molar-refractivity contribution in [2.24, 2.45) is 0 Å². The lowest BCUT2D eigenvalue weighted by atomic mass is 10.6. The standard InChI is InChI=1S/C6H5F6N2/c7-5(8,9)3-13-1-2-14(4-13)6(10,11)12/h1-2,4H,3H2/q+1. The van der Waals surface area contributed by atoms with Gasteiger partial charge in [-0.15, -0.1) is 17.7 Å². The van der Waals surface area contributed by atoms with Crippen LogP contribution in [0.25, 0.3) is 0 Å². The smallest absolute Gasteiger partial charge is 0.227 e. The number of rotatable bonds is 1. The summed E-state index contributed by atoms with van der Waals surface area (Å²) in [4.78, 5) is 0. The first-order valence-electron chi connectivity index (χ1n) is 3.39. The third kappa shape index (κ3) is 2.93. The Labute approximate surface area is 74.4 Å². The Morgan fingerprint density at radius 2 is 1.64 bits per heavy atom. The van der Waals surface area contributed by atoms with E-state index in [1.165, 1.54) is 0 Å². The fourth-order valence-electron chi connectivity index (χ4n) is 0.845. The van der Waals surface area contributed by atoms with Crippen molar-refractivity contribution in [3.63, 3.8) is 0 Å². The second-order valence-corrected chi connectivity index (χ2v) is 2.58. The average molecular weight is 219 g/mol. The molecular weight excluding hydrogens is 214 g/mol. The van der Waals surface area contributed by atoms with Crippen molar-refractivity contribution in [2.45, 2.75) is 19.0 Å². The van der Waals surface area contributed by atoms with Gasteiger partial charge in [0.15, 0.2) is 6.54 Å². The summed E-state index contributed by atoms with van der Waals surface area (Å²) in [6.07, 6.45) is -7.64. The molecule has 0 bridgehead atoms. The van der Waals surface area contributed by atoms with Crippen LogP contribution < -0.4 is 4.57 Å². The Hall–Kier alpha value is -1.21. The molecule has 0 unspecified atom stereocenters. The largest absolute Gasteiger partial charge is 0.567 e. The van der Waals surface area contributed by atoms with Crippen LogP contribution in [0.5, 0.6) is 0 Å². The Morgan fingerprint density at radius 1 is 1.07 bits per heavy atom. The first-order valence-corrected chi connectivity index (χ1v) is 3.39. The van der Waals surface area contributed by atoms with Gasteiger partial charge in [-0.2, -0.15) is 13.2 Å². The van der Waals surface area contributed by atoms with Gasteiger partial charge in [0, 0.05) is 0 Å². The Bertz CT molecular complexity index is 309. The summed E-state index contributed by atoms with van der Waals surface area (Å²) in [5, 5.41) is 0. The van der Waals surface area contributed by atoms with Crippen molar-refractivity contribution in [3.8, 4) is 0 Å². The van der Waals surface area contributed by atoms with E-state index >= 15 is 0 Å². The van der Waals surface area contributed by atoms with E-state index in [1.54, 1.807) is 0 Å². The Balaban J connectivity index is 2.79. The molecule has 0 aliphatic heterocycles. The molecule has 0 saturated heterocycles. The molecule has 1 aromatic heterocycles. The maximum Gasteiger partial charge on any atom is 0.567 e. The molecular formula is C6H5F6N2+. The number of nitrogens with zero attached hydrogens (tertiary/aromatic N) is 2. The number of aromatic nitrogens is 2. The molecule has 0 atom stereocenters. The minimum absolute atomic E-state index is 0.251. The van der Waals surface area contributed by atoms with Crippen molar-refractivity contribution in [2.75, 3.05) is 0 Å². The molecule has 1 heterocycles. The minimum atomic E-state index is -4.68. The molecule has 0 amide bonds. The van der Waals surface area contributed by atoms with E-state index in [1.807, 2.05) is 0 Å². The third-order valence-corrected chi connectivity index (χ3v) is 1.35. The molecule has 0 aliphatic carbocycles. The van der Waals surface area contributed by atoms with Gasteiger partial charge in [-0.25, -0.2) is 4.57 Å². The quantitative estimate of drug-likeness (QED) is 0.503. The first kappa shape index (κ1) is 10.9. The summed E-state index contributed by atoms with van der Waals surface area (Å²) in [5.41, 5.74) is 0. The van der Waals surface area contributed by atoms with Crippen molar-refractivity contribution < 1.29 is 30.9 Å². The lowest BCUT2D eigenvalue weighted by Gasteiger charge is -2.02. The summed E-state index contributed by atoms with van der Waals surface area (Å²) in [7, 11) is 0. The van der Waals surface area contributed by atoms with Crippen LogP contribution in [0.15, 0.2) is 18.7 Å². The molecule has 1 rings (SSSR count). The van der Waals surface area contributed by atoms with Crippen LogP contribution in [0.4, 0.5) is 26.3 Å². The maximum atomic E-state index is 11.9. The van der Waals surface area contributed by atoms with Gasteiger partial charge in [-0.3, -0.25) is 0 Å². The number of halogens is 6. The van der Waals surface area contributed by atoms with E-state index in [-0.39, 0.29) is 4.57 Å². The van der Waals surface area contributed by atoms with Crippen molar-refractivity contribution >= 4 is 0 Å². The molecule has 0 N–H and O–H groups in total. The number of imidazole rings is 1. The molecule has 0 saturated carbocycles. The number of hydrogen-bond acceptors (Lipinski definition) is 0. The van der Waals surface area contributed by atoms with Gasteiger partial charge in [0.05, 0.1) is 0 Å². The molecule has 0 aliphatic rings. The summed E-state index contributed by atoms with van der Waals surface area (Å²) >= 11 is 0. The zero-order valence-electron chi connectivity index (χ0n) is 6.60. The monoisotopic (exact) mass is 219 g/mol. The predicted molar refractivity (Wildman–Crippen MR) is 32.0 cm³/mol. The van der Waals surface area contributed by atoms with E-state index in [0.29, 0.717) is 23.3 Å². The maximum absolute atomic E-state index is 11.9. The second kappa shape index (κ2) is 3.18. The normalized spacial score (nSPS) is 13.3. The zero-order chi connectivity index (χ0) is 11.0. The van der Waals surface area contributed by atoms with Crippen LogP contribution in [-0.2, 0) is 12.8 Å². The van der Waals surface area contributed by atoms with Crippen LogP contribution in [0.1, 0.15) is 0 Å². The van der Waals surface area contributed by atoms with Gasteiger partial charge >= 0.3 is 12.5 Å². The molecule has 14 heavy (non-hydrogen) atoms. The molecule has 1 aromatic rings. The molecule has 80 valence electrons. The van der Waals surface area contributed by atoms with Crippen LogP contribution in [0, 0.1) is 0 Å². The SMILES string of the molecule is FC(F)(F)C[n+]1ccn(C(F)(F)F)c1. The van der Waals surface area contributed by atoms with Gasteiger partial charge in [-0.05, 0) is 0 Å². The highest BCUT2D eigenvalue weighted by atomic mass is 19.4. The van der Waals surface area contributed by atoms with Crippen LogP contribution >= 0.6 is 0 Å². The van der Waals surface area contributed by atoms with Gasteiger partial charge in [-0.1, -0.05) is 0 Å². The van der Waals surface area contributed by atoms with Crippen LogP contribution in [0.2, 0.25) is 0 Å². The highest BCUT2D eigenvalue weighted by molar-refractivity contribution is 4.69. The predicted octanol–water partition coefficient (Wildman–Crippen LogP) is 1.81. The Morgan fingerprint density at radius 3 is 2.00 bits per heavy atom. The topological polar surface area (TPSA) is 8.81 Å². The van der Waals surface area contributed by atoms with Crippen molar-refractivity contribution in [1.29, 1.82) is 0 Å². The van der Waals surface area contributed by atoms with E-state index < -0.39 is 19.0 Å². The van der Waals surface area contributed by atoms with Gasteiger partial charge in [0.1, 0.15) is 12.4 Å². The van der Waals surface area contributed by atoms with Crippen LogP contribution in [-0.4, -0.2) is 10.7 Å². The van der Waals surface area contributed by atoms with Gasteiger partial charge in [0.2, 0.25) is 0 Å². The highest BCUT2D eigenvalue weighted by Crippen LogP contribution is 2.21. The summed E-state index contributed by atoms with van der Waals surface area (Å²) in [6.45, 7) is -1.43. The van der Waals surface area contributed by atoms with Crippen LogP contribution in [0.3, 0.4) is 0 Å². The highest BCUT2D eigenvalue weighted by Gasteiger charge is 2.38. The number of hydrogen-bond donors (Lipinski definition) is 0. The lowest BCUT2D eigenvalue weighted by Crippen LogP contribution is -2.40. The Kier molecular flexibility index (Phi) is 2.47. The molecule has 0 fully saturated rings. The summed E-state index contributed by atoms with van der Waals surface area (Å²) in [6, 6.07) is 0. The minimum Gasteiger partial charge on any atom is -0.227 e. The summed E-state index contributed by atoms with van der Waals surface area (Å²) < 4.78 is 71.1. The van der Waals surface area contributed by atoms with Crippen molar-refractivity contribution in [1.82, 2.24) is 4.57 Å². The zero-order valence-corrected chi connectivity index (χ0v) is 6.60. The van der Waals surface area contributed by atoms with Gasteiger partial charge < -0.3 is 0 Å². The third-order valence-electron chi connectivity index (χ3n) is 1.35. The van der Waals surface area contributed by atoms with E-state index in [2.05, 4.69) is 0 Å². The lowest BCUT2D eigenvalue weighted by molar-refractivity contribution is -0.719. The molecule has 0 spiro atoms. The number of alkyl halides is 6. The fraction of sp³-hybridized carbons (Fsp3) is 0.500. The van der Waals surface area contributed by atoms with Crippen molar-refractivity contribution in [3.05, 3.63) is 18.7 Å². The summed E-state index contributed by atoms with van der Waals surface area (Å²) in [5.74, 6) is 0. The van der Waals surface area contributed by atoms with Gasteiger partial charge in [0.25, 0.3) is 6.33 Å².